The number of rotatable bonds is 7. The first-order chi connectivity index (χ1) is 13.7. The van der Waals surface area contributed by atoms with Gasteiger partial charge in [-0.2, -0.15) is 0 Å². The van der Waals surface area contributed by atoms with E-state index in [0.717, 1.165) is 24.1 Å². The number of likely N-dealkylation sites (tertiary alicyclic amines) is 1. The molecule has 1 aliphatic heterocycles. The van der Waals surface area contributed by atoms with E-state index in [0.29, 0.717) is 17.1 Å². The van der Waals surface area contributed by atoms with Crippen LogP contribution in [0, 0.1) is 0 Å². The van der Waals surface area contributed by atoms with Gasteiger partial charge in [-0.25, -0.2) is 0 Å². The lowest BCUT2D eigenvalue weighted by atomic mass is 10.0. The Balaban J connectivity index is 1.63. The molecule has 3 rings (SSSR count). The molecule has 1 amide bonds. The van der Waals surface area contributed by atoms with Crippen molar-refractivity contribution in [1.29, 1.82) is 0 Å². The largest absolute Gasteiger partial charge is 0.352 e. The van der Waals surface area contributed by atoms with Crippen LogP contribution in [0.5, 0.6) is 0 Å². The third kappa shape index (κ3) is 6.22. The number of nitrogens with zero attached hydrogens (tertiary/aromatic N) is 1. The van der Waals surface area contributed by atoms with Gasteiger partial charge in [0.1, 0.15) is 0 Å². The first-order valence-electron chi connectivity index (χ1n) is 10.3. The van der Waals surface area contributed by atoms with E-state index < -0.39 is 0 Å². The van der Waals surface area contributed by atoms with Crippen LogP contribution < -0.4 is 5.32 Å². The molecule has 0 aliphatic carbocycles. The van der Waals surface area contributed by atoms with Gasteiger partial charge in [-0.1, -0.05) is 73.0 Å². The van der Waals surface area contributed by atoms with Crippen LogP contribution in [0.2, 0.25) is 5.02 Å². The van der Waals surface area contributed by atoms with Gasteiger partial charge in [0.05, 0.1) is 0 Å². The quantitative estimate of drug-likeness (QED) is 0.393. The minimum Gasteiger partial charge on any atom is -0.352 e. The van der Waals surface area contributed by atoms with Gasteiger partial charge < -0.3 is 10.2 Å². The lowest BCUT2D eigenvalue weighted by Crippen LogP contribution is -2.31. The molecular weight excluding hydrogens is 368 g/mol. The molecule has 1 saturated heterocycles. The Hall–Kier alpha value is -2.10. The fraction of sp³-hybridized carbons (Fsp3) is 0.375. The standard InChI is InChI=1S/C24H29ClN2O/c25-23-14-7-6-13-21(23)19-22(20-11-4-3-5-12-20)24(28)26-15-10-18-27-16-8-1-2-9-17-27/h3-7,11-14,19H,1-2,8-10,15-18H2,(H,26,28)/b22-19+. The van der Waals surface area contributed by atoms with Crippen LogP contribution in [0.25, 0.3) is 11.6 Å². The summed E-state index contributed by atoms with van der Waals surface area (Å²) < 4.78 is 0. The number of amides is 1. The van der Waals surface area contributed by atoms with Crippen molar-refractivity contribution in [2.24, 2.45) is 0 Å². The maximum atomic E-state index is 12.9. The molecule has 0 aromatic heterocycles. The van der Waals surface area contributed by atoms with Crippen molar-refractivity contribution in [1.82, 2.24) is 10.2 Å². The van der Waals surface area contributed by atoms with Crippen molar-refractivity contribution < 1.29 is 4.79 Å². The van der Waals surface area contributed by atoms with E-state index in [9.17, 15) is 4.79 Å². The molecule has 3 nitrogen and oxygen atoms in total. The van der Waals surface area contributed by atoms with Crippen LogP contribution in [0.15, 0.2) is 54.6 Å². The van der Waals surface area contributed by atoms with Gasteiger partial charge in [0, 0.05) is 17.1 Å². The van der Waals surface area contributed by atoms with Gasteiger partial charge in [-0.05, 0) is 62.2 Å². The summed E-state index contributed by atoms with van der Waals surface area (Å²) in [7, 11) is 0. The maximum absolute atomic E-state index is 12.9. The summed E-state index contributed by atoms with van der Waals surface area (Å²) in [5.74, 6) is -0.0537. The smallest absolute Gasteiger partial charge is 0.251 e. The summed E-state index contributed by atoms with van der Waals surface area (Å²) in [6.45, 7) is 4.11. The molecule has 0 atom stereocenters. The highest BCUT2D eigenvalue weighted by atomic mass is 35.5. The summed E-state index contributed by atoms with van der Waals surface area (Å²) in [5.41, 5.74) is 2.39. The van der Waals surface area contributed by atoms with Gasteiger partial charge in [-0.3, -0.25) is 4.79 Å². The zero-order valence-electron chi connectivity index (χ0n) is 16.4. The molecule has 0 bridgehead atoms. The Kier molecular flexibility index (Phi) is 8.13. The molecule has 0 spiro atoms. The summed E-state index contributed by atoms with van der Waals surface area (Å²) >= 11 is 6.30. The number of hydrogen-bond acceptors (Lipinski definition) is 2. The van der Waals surface area contributed by atoms with E-state index in [-0.39, 0.29) is 5.91 Å². The van der Waals surface area contributed by atoms with Gasteiger partial charge >= 0.3 is 0 Å². The van der Waals surface area contributed by atoms with Crippen LogP contribution in [0.1, 0.15) is 43.2 Å². The Labute approximate surface area is 173 Å². The van der Waals surface area contributed by atoms with Gasteiger partial charge in [0.15, 0.2) is 0 Å². The van der Waals surface area contributed by atoms with Crippen LogP contribution in [0.4, 0.5) is 0 Å². The molecule has 1 N–H and O–H groups in total. The molecule has 1 aliphatic rings. The van der Waals surface area contributed by atoms with Crippen molar-refractivity contribution in [3.05, 3.63) is 70.7 Å². The second-order valence-electron chi connectivity index (χ2n) is 7.31. The van der Waals surface area contributed by atoms with Crippen LogP contribution >= 0.6 is 11.6 Å². The second-order valence-corrected chi connectivity index (χ2v) is 7.72. The zero-order chi connectivity index (χ0) is 19.6. The average molecular weight is 397 g/mol. The maximum Gasteiger partial charge on any atom is 0.251 e. The molecule has 0 radical (unpaired) electrons. The normalized spacial score (nSPS) is 15.8. The van der Waals surface area contributed by atoms with E-state index in [2.05, 4.69) is 10.2 Å². The summed E-state index contributed by atoms with van der Waals surface area (Å²) in [6.07, 6.45) is 8.14. The molecule has 28 heavy (non-hydrogen) atoms. The van der Waals surface area contributed by atoms with Crippen molar-refractivity contribution in [2.45, 2.75) is 32.1 Å². The highest BCUT2D eigenvalue weighted by Gasteiger charge is 2.13. The van der Waals surface area contributed by atoms with E-state index in [1.165, 1.54) is 38.8 Å². The number of carbonyl (C=O) groups is 1. The first kappa shape index (κ1) is 20.6. The van der Waals surface area contributed by atoms with Crippen LogP contribution in [0.3, 0.4) is 0 Å². The number of hydrogen-bond donors (Lipinski definition) is 1. The topological polar surface area (TPSA) is 32.3 Å². The molecule has 1 heterocycles. The molecule has 148 valence electrons. The Morgan fingerprint density at radius 3 is 2.36 bits per heavy atom. The average Bonchev–Trinajstić information content (AvgIpc) is 3.00. The monoisotopic (exact) mass is 396 g/mol. The lowest BCUT2D eigenvalue weighted by Gasteiger charge is -2.19. The number of nitrogens with one attached hydrogen (secondary N) is 1. The van der Waals surface area contributed by atoms with E-state index in [4.69, 9.17) is 11.6 Å². The Morgan fingerprint density at radius 1 is 0.964 bits per heavy atom. The zero-order valence-corrected chi connectivity index (χ0v) is 17.1. The second kappa shape index (κ2) is 11.0. The van der Waals surface area contributed by atoms with Crippen molar-refractivity contribution in [2.75, 3.05) is 26.2 Å². The van der Waals surface area contributed by atoms with Gasteiger partial charge in [-0.15, -0.1) is 0 Å². The molecule has 2 aromatic rings. The Morgan fingerprint density at radius 2 is 1.64 bits per heavy atom. The number of halogens is 1. The fourth-order valence-electron chi connectivity index (χ4n) is 3.60. The lowest BCUT2D eigenvalue weighted by molar-refractivity contribution is -0.115. The van der Waals surface area contributed by atoms with Crippen molar-refractivity contribution in [3.63, 3.8) is 0 Å². The highest BCUT2D eigenvalue weighted by molar-refractivity contribution is 6.33. The van der Waals surface area contributed by atoms with Crippen molar-refractivity contribution >= 4 is 29.2 Å². The summed E-state index contributed by atoms with van der Waals surface area (Å²) in [4.78, 5) is 15.5. The minimum absolute atomic E-state index is 0.0537. The molecular formula is C24H29ClN2O. The third-order valence-electron chi connectivity index (χ3n) is 5.17. The number of carbonyl (C=O) groups excluding carboxylic acids is 1. The number of benzene rings is 2. The summed E-state index contributed by atoms with van der Waals surface area (Å²) in [6, 6.07) is 17.4. The molecule has 4 heteroatoms. The van der Waals surface area contributed by atoms with E-state index >= 15 is 0 Å². The predicted molar refractivity (Wildman–Crippen MR) is 118 cm³/mol. The molecule has 2 aromatic carbocycles. The van der Waals surface area contributed by atoms with Gasteiger partial charge in [0.2, 0.25) is 0 Å². The van der Waals surface area contributed by atoms with E-state index in [1.54, 1.807) is 0 Å². The first-order valence-corrected chi connectivity index (χ1v) is 10.6. The SMILES string of the molecule is O=C(NCCCN1CCCCCC1)/C(=C/c1ccccc1Cl)c1ccccc1. The minimum atomic E-state index is -0.0537. The Bertz CT molecular complexity index is 780. The fourth-order valence-corrected chi connectivity index (χ4v) is 3.80. The predicted octanol–water partition coefficient (Wildman–Crippen LogP) is 5.26. The van der Waals surface area contributed by atoms with E-state index in [1.807, 2.05) is 60.7 Å². The highest BCUT2D eigenvalue weighted by Crippen LogP contribution is 2.23. The van der Waals surface area contributed by atoms with Crippen LogP contribution in [-0.4, -0.2) is 37.0 Å². The van der Waals surface area contributed by atoms with Crippen molar-refractivity contribution in [3.8, 4) is 0 Å². The molecule has 1 fully saturated rings. The summed E-state index contributed by atoms with van der Waals surface area (Å²) in [5, 5.41) is 3.74. The van der Waals surface area contributed by atoms with Gasteiger partial charge in [0.25, 0.3) is 5.91 Å². The van der Waals surface area contributed by atoms with Crippen LogP contribution in [-0.2, 0) is 4.79 Å². The third-order valence-corrected chi connectivity index (χ3v) is 5.51. The molecule has 0 unspecified atom stereocenters. The molecule has 0 saturated carbocycles.